The summed E-state index contributed by atoms with van der Waals surface area (Å²) in [5.74, 6) is 1.53. The van der Waals surface area contributed by atoms with Crippen molar-refractivity contribution in [3.8, 4) is 0 Å². The molecule has 0 aromatic heterocycles. The highest BCUT2D eigenvalue weighted by Crippen LogP contribution is 2.59. The van der Waals surface area contributed by atoms with Gasteiger partial charge in [0.2, 0.25) is 0 Å². The number of Topliss-reactive ketones (excluding diaryl/α,β-unsaturated/α-hetero) is 1. The van der Waals surface area contributed by atoms with Crippen LogP contribution in [0.25, 0.3) is 0 Å². The molecule has 0 aromatic carbocycles. The average Bonchev–Trinajstić information content (AvgIpc) is 2.73. The van der Waals surface area contributed by atoms with Crippen molar-refractivity contribution in [2.45, 2.75) is 64.0 Å². The van der Waals surface area contributed by atoms with Crippen LogP contribution in [0.15, 0.2) is 0 Å². The summed E-state index contributed by atoms with van der Waals surface area (Å²) < 4.78 is 0. The quantitative estimate of drug-likeness (QED) is 0.721. The molecule has 4 nitrogen and oxygen atoms in total. The Morgan fingerprint density at radius 1 is 1.27 bits per heavy atom. The van der Waals surface area contributed by atoms with Gasteiger partial charge in [0.05, 0.1) is 6.10 Å². The predicted molar refractivity (Wildman–Crippen MR) is 85.0 cm³/mol. The van der Waals surface area contributed by atoms with Crippen molar-refractivity contribution in [1.82, 2.24) is 4.90 Å². The molecule has 0 radical (unpaired) electrons. The third kappa shape index (κ3) is 1.89. The van der Waals surface area contributed by atoms with Crippen LogP contribution in [0.2, 0.25) is 0 Å². The van der Waals surface area contributed by atoms with Gasteiger partial charge in [-0.25, -0.2) is 0 Å². The second-order valence-corrected chi connectivity index (χ2v) is 8.81. The normalized spacial score (nSPS) is 52.1. The molecule has 1 unspecified atom stereocenters. The molecule has 22 heavy (non-hydrogen) atoms. The number of ketones is 1. The van der Waals surface area contributed by atoms with E-state index in [0.29, 0.717) is 24.0 Å². The number of nitrogens with zero attached hydrogens (tertiary/aromatic N) is 1. The zero-order valence-electron chi connectivity index (χ0n) is 13.8. The molecule has 2 saturated carbocycles. The molecule has 2 aliphatic heterocycles. The lowest BCUT2D eigenvalue weighted by atomic mass is 9.52. The molecule has 4 fully saturated rings. The van der Waals surface area contributed by atoms with E-state index in [-0.39, 0.29) is 23.0 Å². The minimum atomic E-state index is -0.228. The van der Waals surface area contributed by atoms with Crippen LogP contribution in [0.3, 0.4) is 0 Å². The van der Waals surface area contributed by atoms with Crippen molar-refractivity contribution in [2.24, 2.45) is 23.2 Å². The van der Waals surface area contributed by atoms with Gasteiger partial charge in [-0.05, 0) is 62.8 Å². The van der Waals surface area contributed by atoms with Crippen molar-refractivity contribution in [3.63, 3.8) is 0 Å². The number of nitrogens with one attached hydrogen (secondary N) is 1. The minimum Gasteiger partial charge on any atom is -0.392 e. The number of rotatable bonds is 0. The summed E-state index contributed by atoms with van der Waals surface area (Å²) >= 11 is 0. The first kappa shape index (κ1) is 14.8. The predicted octanol–water partition coefficient (Wildman–Crippen LogP) is 2.25. The van der Waals surface area contributed by atoms with Crippen molar-refractivity contribution in [1.29, 1.82) is 5.41 Å². The van der Waals surface area contributed by atoms with E-state index in [1.54, 1.807) is 0 Å². The summed E-state index contributed by atoms with van der Waals surface area (Å²) in [5, 5.41) is 18.1. The monoisotopic (exact) mass is 304 g/mol. The topological polar surface area (TPSA) is 64.4 Å². The number of aliphatic hydroxyl groups excluding tert-OH is 1. The standard InChI is InChI=1S/C18H28N2O2/c1-17-8-11(19)7-14(17)13-4-6-20-10-12(21)3-5-18(20,2)16(13)15(22)9-17/h12-14,16,19,21H,3-10H2,1-2H3/t12?,13-,14-,16-,17-,18+/m0/s1. The zero-order valence-corrected chi connectivity index (χ0v) is 13.8. The number of aliphatic hydroxyl groups is 1. The molecular weight excluding hydrogens is 276 g/mol. The third-order valence-electron chi connectivity index (χ3n) is 7.39. The van der Waals surface area contributed by atoms with Crippen LogP contribution in [0.4, 0.5) is 0 Å². The van der Waals surface area contributed by atoms with E-state index >= 15 is 0 Å². The van der Waals surface area contributed by atoms with E-state index in [4.69, 9.17) is 5.41 Å². The highest BCUT2D eigenvalue weighted by atomic mass is 16.3. The van der Waals surface area contributed by atoms with Crippen LogP contribution >= 0.6 is 0 Å². The van der Waals surface area contributed by atoms with E-state index in [0.717, 1.165) is 50.9 Å². The first-order chi connectivity index (χ1) is 10.3. The number of carbonyl (C=O) groups excluding carboxylic acids is 1. The second-order valence-electron chi connectivity index (χ2n) is 8.81. The van der Waals surface area contributed by atoms with Gasteiger partial charge in [0, 0.05) is 30.1 Å². The van der Waals surface area contributed by atoms with E-state index in [1.807, 2.05) is 0 Å². The van der Waals surface area contributed by atoms with Gasteiger partial charge in [-0.15, -0.1) is 0 Å². The molecule has 122 valence electrons. The summed E-state index contributed by atoms with van der Waals surface area (Å²) in [6, 6.07) is 0. The molecule has 4 aliphatic rings. The fourth-order valence-corrected chi connectivity index (χ4v) is 6.39. The molecule has 4 heteroatoms. The third-order valence-corrected chi connectivity index (χ3v) is 7.39. The van der Waals surface area contributed by atoms with Crippen LogP contribution in [-0.2, 0) is 4.79 Å². The number of carbonyl (C=O) groups is 1. The van der Waals surface area contributed by atoms with Crippen molar-refractivity contribution < 1.29 is 9.90 Å². The van der Waals surface area contributed by atoms with Crippen molar-refractivity contribution >= 4 is 11.5 Å². The Kier molecular flexibility index (Phi) is 3.12. The Hall–Kier alpha value is -0.740. The summed E-state index contributed by atoms with van der Waals surface area (Å²) in [5.41, 5.74) is 0.834. The fraction of sp³-hybridized carbons (Fsp3) is 0.889. The van der Waals surface area contributed by atoms with Gasteiger partial charge in [0.25, 0.3) is 0 Å². The van der Waals surface area contributed by atoms with Crippen LogP contribution in [0.1, 0.15) is 52.4 Å². The zero-order chi connectivity index (χ0) is 15.7. The summed E-state index contributed by atoms with van der Waals surface area (Å²) in [6.07, 6.45) is 4.98. The van der Waals surface area contributed by atoms with E-state index < -0.39 is 0 Å². The van der Waals surface area contributed by atoms with Gasteiger partial charge in [0.15, 0.2) is 0 Å². The Morgan fingerprint density at radius 3 is 2.82 bits per heavy atom. The van der Waals surface area contributed by atoms with Gasteiger partial charge in [-0.3, -0.25) is 9.69 Å². The van der Waals surface area contributed by atoms with Gasteiger partial charge >= 0.3 is 0 Å². The number of piperidine rings is 2. The first-order valence-electron chi connectivity index (χ1n) is 8.86. The molecule has 0 spiro atoms. The van der Waals surface area contributed by atoms with E-state index in [1.165, 1.54) is 0 Å². The van der Waals surface area contributed by atoms with Crippen LogP contribution in [0, 0.1) is 28.6 Å². The molecule has 2 heterocycles. The molecule has 2 saturated heterocycles. The smallest absolute Gasteiger partial charge is 0.138 e. The maximum Gasteiger partial charge on any atom is 0.138 e. The Balaban J connectivity index is 1.70. The van der Waals surface area contributed by atoms with E-state index in [2.05, 4.69) is 18.7 Å². The van der Waals surface area contributed by atoms with Crippen molar-refractivity contribution in [2.75, 3.05) is 13.1 Å². The first-order valence-corrected chi connectivity index (χ1v) is 8.86. The SMILES string of the molecule is C[C@@]12CC(=N)C[C@H]1[C@@H]1CCN3CC(O)CC[C@]3(C)[C@@H]1C(=O)C2. The summed E-state index contributed by atoms with van der Waals surface area (Å²) in [4.78, 5) is 15.5. The Morgan fingerprint density at radius 2 is 2.05 bits per heavy atom. The van der Waals surface area contributed by atoms with Crippen LogP contribution in [0.5, 0.6) is 0 Å². The van der Waals surface area contributed by atoms with Gasteiger partial charge in [0.1, 0.15) is 5.78 Å². The molecule has 0 amide bonds. The molecule has 6 atom stereocenters. The molecule has 2 aliphatic carbocycles. The van der Waals surface area contributed by atoms with Crippen LogP contribution < -0.4 is 0 Å². The lowest BCUT2D eigenvalue weighted by Gasteiger charge is -2.60. The number of fused-ring (bicyclic) bond motifs is 5. The van der Waals surface area contributed by atoms with Gasteiger partial charge < -0.3 is 10.5 Å². The number of hydrogen-bond acceptors (Lipinski definition) is 4. The van der Waals surface area contributed by atoms with Gasteiger partial charge in [-0.1, -0.05) is 6.92 Å². The highest BCUT2D eigenvalue weighted by molar-refractivity contribution is 5.90. The number of β-amino-alcohol motifs (C(OH)–C–C–N with tert-alkyl or cyclic N) is 1. The fourth-order valence-electron chi connectivity index (χ4n) is 6.39. The van der Waals surface area contributed by atoms with E-state index in [9.17, 15) is 9.90 Å². The Labute approximate surface area is 132 Å². The minimum absolute atomic E-state index is 0.0437. The summed E-state index contributed by atoms with van der Waals surface area (Å²) in [7, 11) is 0. The average molecular weight is 304 g/mol. The maximum absolute atomic E-state index is 13.1. The Bertz CT molecular complexity index is 533. The second kappa shape index (κ2) is 4.64. The molecule has 0 aromatic rings. The number of hydrogen-bond donors (Lipinski definition) is 2. The lowest BCUT2D eigenvalue weighted by molar-refractivity contribution is -0.160. The lowest BCUT2D eigenvalue weighted by Crippen LogP contribution is -2.67. The highest BCUT2D eigenvalue weighted by Gasteiger charge is 2.61. The summed E-state index contributed by atoms with van der Waals surface area (Å²) in [6.45, 7) is 6.23. The molecule has 0 bridgehead atoms. The van der Waals surface area contributed by atoms with Gasteiger partial charge in [-0.2, -0.15) is 0 Å². The molecule has 4 rings (SSSR count). The molecular formula is C18H28N2O2. The molecule has 2 N–H and O–H groups in total. The van der Waals surface area contributed by atoms with Crippen molar-refractivity contribution in [3.05, 3.63) is 0 Å². The maximum atomic E-state index is 13.1. The largest absolute Gasteiger partial charge is 0.392 e. The van der Waals surface area contributed by atoms with Crippen LogP contribution in [-0.4, -0.2) is 46.2 Å².